The van der Waals surface area contributed by atoms with Gasteiger partial charge in [0.25, 0.3) is 0 Å². The van der Waals surface area contributed by atoms with Gasteiger partial charge in [-0.15, -0.1) is 0 Å². The van der Waals surface area contributed by atoms with Gasteiger partial charge in [0.05, 0.1) is 21.4 Å². The van der Waals surface area contributed by atoms with E-state index >= 15 is 0 Å². The molecule has 1 aromatic heterocycles. The average Bonchev–Trinajstić information content (AvgIpc) is 2.62. The van der Waals surface area contributed by atoms with Crippen LogP contribution >= 0.6 is 31.9 Å². The summed E-state index contributed by atoms with van der Waals surface area (Å²) in [5.41, 5.74) is 2.35. The van der Waals surface area contributed by atoms with Crippen LogP contribution in [-0.4, -0.2) is 9.78 Å². The zero-order valence-electron chi connectivity index (χ0n) is 10.4. The van der Waals surface area contributed by atoms with Crippen molar-refractivity contribution in [2.45, 2.75) is 13.5 Å². The van der Waals surface area contributed by atoms with Crippen molar-refractivity contribution in [3.05, 3.63) is 44.1 Å². The van der Waals surface area contributed by atoms with Gasteiger partial charge >= 0.3 is 0 Å². The van der Waals surface area contributed by atoms with Crippen molar-refractivity contribution in [1.29, 1.82) is 5.26 Å². The number of rotatable bonds is 3. The first-order valence-corrected chi connectivity index (χ1v) is 7.12. The molecule has 98 valence electrons. The standard InChI is InChI=1S/C13H11Br2N3O/c1-8-13(15)11(18(2)17-8)7-19-12-4-3-10(14)5-9(12)6-16/h3-5H,7H2,1-2H3. The lowest BCUT2D eigenvalue weighted by molar-refractivity contribution is 0.293. The Morgan fingerprint density at radius 3 is 2.74 bits per heavy atom. The van der Waals surface area contributed by atoms with Gasteiger partial charge in [-0.25, -0.2) is 0 Å². The van der Waals surface area contributed by atoms with E-state index in [9.17, 15) is 0 Å². The highest BCUT2D eigenvalue weighted by molar-refractivity contribution is 9.10. The predicted molar refractivity (Wildman–Crippen MR) is 78.8 cm³/mol. The van der Waals surface area contributed by atoms with E-state index in [1.165, 1.54) is 0 Å². The highest BCUT2D eigenvalue weighted by Gasteiger charge is 2.12. The molecule has 1 aromatic carbocycles. The second-order valence-electron chi connectivity index (χ2n) is 4.01. The maximum Gasteiger partial charge on any atom is 0.137 e. The first-order valence-electron chi connectivity index (χ1n) is 5.53. The van der Waals surface area contributed by atoms with Crippen molar-refractivity contribution in [3.63, 3.8) is 0 Å². The summed E-state index contributed by atoms with van der Waals surface area (Å²) in [6, 6.07) is 7.48. The summed E-state index contributed by atoms with van der Waals surface area (Å²) in [5, 5.41) is 13.4. The number of aryl methyl sites for hydroxylation is 2. The molecule has 0 spiro atoms. The monoisotopic (exact) mass is 383 g/mol. The van der Waals surface area contributed by atoms with Crippen LogP contribution < -0.4 is 4.74 Å². The Kier molecular flexibility index (Phi) is 4.27. The lowest BCUT2D eigenvalue weighted by Gasteiger charge is -2.08. The zero-order chi connectivity index (χ0) is 14.0. The molecule has 0 bridgehead atoms. The van der Waals surface area contributed by atoms with Crippen LogP contribution in [0.15, 0.2) is 27.1 Å². The van der Waals surface area contributed by atoms with Crippen molar-refractivity contribution < 1.29 is 4.74 Å². The fourth-order valence-electron chi connectivity index (χ4n) is 1.70. The molecule has 0 saturated heterocycles. The number of aromatic nitrogens is 2. The van der Waals surface area contributed by atoms with E-state index in [1.807, 2.05) is 20.0 Å². The second-order valence-corrected chi connectivity index (χ2v) is 5.72. The third-order valence-corrected chi connectivity index (χ3v) is 4.21. The van der Waals surface area contributed by atoms with Crippen LogP contribution in [0.2, 0.25) is 0 Å². The molecule has 4 nitrogen and oxygen atoms in total. The SMILES string of the molecule is Cc1nn(C)c(COc2ccc(Br)cc2C#N)c1Br. The molecule has 0 aliphatic heterocycles. The summed E-state index contributed by atoms with van der Waals surface area (Å²) in [6.07, 6.45) is 0. The molecule has 0 aliphatic carbocycles. The van der Waals surface area contributed by atoms with Gasteiger partial charge in [-0.3, -0.25) is 4.68 Å². The van der Waals surface area contributed by atoms with Crippen LogP contribution in [0.1, 0.15) is 17.0 Å². The molecule has 0 aliphatic rings. The second kappa shape index (κ2) is 5.76. The number of nitrogens with zero attached hydrogens (tertiary/aromatic N) is 3. The molecule has 19 heavy (non-hydrogen) atoms. The molecule has 2 aromatic rings. The third-order valence-electron chi connectivity index (χ3n) is 2.69. The number of hydrogen-bond acceptors (Lipinski definition) is 3. The van der Waals surface area contributed by atoms with Crippen molar-refractivity contribution in [2.24, 2.45) is 7.05 Å². The van der Waals surface area contributed by atoms with Crippen LogP contribution in [0.3, 0.4) is 0 Å². The normalized spacial score (nSPS) is 10.3. The minimum atomic E-state index is 0.355. The number of hydrogen-bond donors (Lipinski definition) is 0. The van der Waals surface area contributed by atoms with Crippen LogP contribution in [0.25, 0.3) is 0 Å². The lowest BCUT2D eigenvalue weighted by Crippen LogP contribution is -2.04. The summed E-state index contributed by atoms with van der Waals surface area (Å²) >= 11 is 6.82. The molecular weight excluding hydrogens is 374 g/mol. The number of nitriles is 1. The van der Waals surface area contributed by atoms with Gasteiger partial charge < -0.3 is 4.74 Å². The van der Waals surface area contributed by atoms with E-state index in [0.29, 0.717) is 17.9 Å². The highest BCUT2D eigenvalue weighted by Crippen LogP contribution is 2.25. The maximum absolute atomic E-state index is 9.08. The molecule has 0 radical (unpaired) electrons. The number of halogens is 2. The molecule has 6 heteroatoms. The third kappa shape index (κ3) is 2.99. The quantitative estimate of drug-likeness (QED) is 0.810. The molecule has 0 fully saturated rings. The first kappa shape index (κ1) is 14.1. The molecule has 2 rings (SSSR count). The van der Waals surface area contributed by atoms with E-state index in [2.05, 4.69) is 43.0 Å². The minimum Gasteiger partial charge on any atom is -0.486 e. The van der Waals surface area contributed by atoms with Gasteiger partial charge in [-0.05, 0) is 41.1 Å². The number of ether oxygens (including phenoxy) is 1. The van der Waals surface area contributed by atoms with Gasteiger partial charge in [0.15, 0.2) is 0 Å². The van der Waals surface area contributed by atoms with E-state index < -0.39 is 0 Å². The fourth-order valence-corrected chi connectivity index (χ4v) is 2.51. The highest BCUT2D eigenvalue weighted by atomic mass is 79.9. The summed E-state index contributed by atoms with van der Waals surface area (Å²) in [6.45, 7) is 2.28. The van der Waals surface area contributed by atoms with Gasteiger partial charge in [0.1, 0.15) is 18.4 Å². The fraction of sp³-hybridized carbons (Fsp3) is 0.231. The molecule has 0 N–H and O–H groups in total. The minimum absolute atomic E-state index is 0.355. The Morgan fingerprint density at radius 2 is 2.16 bits per heavy atom. The average molecular weight is 385 g/mol. The zero-order valence-corrected chi connectivity index (χ0v) is 13.6. The Balaban J connectivity index is 2.22. The van der Waals surface area contributed by atoms with Crippen LogP contribution in [0.4, 0.5) is 0 Å². The Labute approximate surface area is 128 Å². The van der Waals surface area contributed by atoms with Gasteiger partial charge in [-0.2, -0.15) is 10.4 Å². The smallest absolute Gasteiger partial charge is 0.137 e. The molecule has 0 unspecified atom stereocenters. The Bertz CT molecular complexity index is 659. The summed E-state index contributed by atoms with van der Waals surface area (Å²) in [4.78, 5) is 0. The van der Waals surface area contributed by atoms with Crippen molar-refractivity contribution >= 4 is 31.9 Å². The first-order chi connectivity index (χ1) is 9.02. The predicted octanol–water partition coefficient (Wildman–Crippen LogP) is 3.70. The van der Waals surface area contributed by atoms with E-state index in [1.54, 1.807) is 16.8 Å². The molecule has 1 heterocycles. The number of benzene rings is 1. The van der Waals surface area contributed by atoms with Crippen molar-refractivity contribution in [1.82, 2.24) is 9.78 Å². The summed E-state index contributed by atoms with van der Waals surface area (Å²) < 4.78 is 9.27. The molecule has 0 amide bonds. The molecular formula is C13H11Br2N3O. The van der Waals surface area contributed by atoms with Gasteiger partial charge in [-0.1, -0.05) is 15.9 Å². The molecule has 0 saturated carbocycles. The van der Waals surface area contributed by atoms with Crippen molar-refractivity contribution in [3.8, 4) is 11.8 Å². The summed E-state index contributed by atoms with van der Waals surface area (Å²) in [5.74, 6) is 0.566. The van der Waals surface area contributed by atoms with Crippen molar-refractivity contribution in [2.75, 3.05) is 0 Å². The van der Waals surface area contributed by atoms with E-state index in [-0.39, 0.29) is 0 Å². The van der Waals surface area contributed by atoms with E-state index in [0.717, 1.165) is 20.3 Å². The topological polar surface area (TPSA) is 50.8 Å². The Morgan fingerprint density at radius 1 is 1.42 bits per heavy atom. The molecule has 0 atom stereocenters. The van der Waals surface area contributed by atoms with E-state index in [4.69, 9.17) is 10.00 Å². The Hall–Kier alpha value is -1.32. The van der Waals surface area contributed by atoms with Crippen LogP contribution in [-0.2, 0) is 13.7 Å². The van der Waals surface area contributed by atoms with Gasteiger partial charge in [0.2, 0.25) is 0 Å². The lowest BCUT2D eigenvalue weighted by atomic mass is 10.2. The largest absolute Gasteiger partial charge is 0.486 e. The van der Waals surface area contributed by atoms with Crippen LogP contribution in [0, 0.1) is 18.3 Å². The van der Waals surface area contributed by atoms with Crippen LogP contribution in [0.5, 0.6) is 5.75 Å². The summed E-state index contributed by atoms with van der Waals surface area (Å²) in [7, 11) is 1.86. The maximum atomic E-state index is 9.08. The van der Waals surface area contributed by atoms with Gasteiger partial charge in [0, 0.05) is 11.5 Å².